The van der Waals surface area contributed by atoms with E-state index in [2.05, 4.69) is 46.7 Å². The maximum absolute atomic E-state index is 3.97. The first-order valence-electron chi connectivity index (χ1n) is 5.04. The van der Waals surface area contributed by atoms with Gasteiger partial charge in [0.05, 0.1) is 12.2 Å². The van der Waals surface area contributed by atoms with Gasteiger partial charge in [-0.05, 0) is 19.5 Å². The molecule has 78 valence electrons. The number of H-pyrrole nitrogens is 1. The number of aromatic nitrogens is 2. The molecule has 0 aliphatic rings. The van der Waals surface area contributed by atoms with Gasteiger partial charge in [-0.2, -0.15) is 5.10 Å². The fourth-order valence-corrected chi connectivity index (χ4v) is 1.70. The summed E-state index contributed by atoms with van der Waals surface area (Å²) >= 11 is 0. The number of nitrogens with one attached hydrogen (secondary N) is 2. The Bertz CT molecular complexity index is 403. The fraction of sp³-hybridized carbons (Fsp3) is 0.250. The zero-order chi connectivity index (χ0) is 10.7. The highest BCUT2D eigenvalue weighted by molar-refractivity contribution is 5.30. The normalized spacial score (nSPS) is 12.7. The lowest BCUT2D eigenvalue weighted by Gasteiger charge is -2.14. The van der Waals surface area contributed by atoms with E-state index in [4.69, 9.17) is 0 Å². The van der Waals surface area contributed by atoms with Crippen LogP contribution in [0.1, 0.15) is 22.7 Å². The van der Waals surface area contributed by atoms with Crippen LogP contribution in [0, 0.1) is 6.92 Å². The van der Waals surface area contributed by atoms with Crippen LogP contribution in [0.3, 0.4) is 0 Å². The van der Waals surface area contributed by atoms with E-state index in [9.17, 15) is 0 Å². The lowest BCUT2D eigenvalue weighted by molar-refractivity contribution is 0.692. The van der Waals surface area contributed by atoms with Crippen molar-refractivity contribution in [3.8, 4) is 0 Å². The van der Waals surface area contributed by atoms with E-state index in [0.29, 0.717) is 0 Å². The van der Waals surface area contributed by atoms with Crippen LogP contribution in [-0.4, -0.2) is 17.2 Å². The first-order chi connectivity index (χ1) is 7.31. The maximum atomic E-state index is 3.97. The van der Waals surface area contributed by atoms with Crippen LogP contribution in [0.2, 0.25) is 0 Å². The minimum Gasteiger partial charge on any atom is -0.309 e. The van der Waals surface area contributed by atoms with Crippen molar-refractivity contribution < 1.29 is 0 Å². The Labute approximate surface area is 89.5 Å². The number of hydrogen-bond acceptors (Lipinski definition) is 2. The van der Waals surface area contributed by atoms with Gasteiger partial charge in [0, 0.05) is 11.8 Å². The van der Waals surface area contributed by atoms with Crippen LogP contribution in [-0.2, 0) is 0 Å². The number of aryl methyl sites for hydroxylation is 1. The molecule has 0 spiro atoms. The summed E-state index contributed by atoms with van der Waals surface area (Å²) in [5, 5.41) is 10.1. The third-order valence-electron chi connectivity index (χ3n) is 2.55. The standard InChI is InChI=1S/C12H15N3/c1-9-3-5-10(6-4-9)12(13-2)11-7-14-15-8-11/h3-8,12-13H,1-2H3,(H,14,15). The molecule has 0 amide bonds. The molecular weight excluding hydrogens is 186 g/mol. The van der Waals surface area contributed by atoms with E-state index >= 15 is 0 Å². The molecule has 2 rings (SSSR count). The van der Waals surface area contributed by atoms with Crippen LogP contribution in [0.15, 0.2) is 36.7 Å². The van der Waals surface area contributed by atoms with Gasteiger partial charge in [0.25, 0.3) is 0 Å². The number of rotatable bonds is 3. The summed E-state index contributed by atoms with van der Waals surface area (Å²) in [4.78, 5) is 0. The second kappa shape index (κ2) is 4.28. The number of hydrogen-bond donors (Lipinski definition) is 2. The molecule has 2 N–H and O–H groups in total. The first kappa shape index (κ1) is 9.93. The summed E-state index contributed by atoms with van der Waals surface area (Å²) in [5.74, 6) is 0. The second-order valence-corrected chi connectivity index (χ2v) is 3.66. The van der Waals surface area contributed by atoms with Gasteiger partial charge in [0.1, 0.15) is 0 Å². The fourth-order valence-electron chi connectivity index (χ4n) is 1.70. The zero-order valence-corrected chi connectivity index (χ0v) is 8.99. The van der Waals surface area contributed by atoms with Gasteiger partial charge in [-0.3, -0.25) is 5.10 Å². The highest BCUT2D eigenvalue weighted by atomic mass is 15.1. The van der Waals surface area contributed by atoms with Crippen molar-refractivity contribution in [2.45, 2.75) is 13.0 Å². The Balaban J connectivity index is 2.31. The average Bonchev–Trinajstić information content (AvgIpc) is 2.75. The molecule has 3 heteroatoms. The molecule has 15 heavy (non-hydrogen) atoms. The van der Waals surface area contributed by atoms with Crippen molar-refractivity contribution >= 4 is 0 Å². The molecule has 0 radical (unpaired) electrons. The van der Waals surface area contributed by atoms with Crippen LogP contribution in [0.5, 0.6) is 0 Å². The van der Waals surface area contributed by atoms with Crippen molar-refractivity contribution in [1.82, 2.24) is 15.5 Å². The smallest absolute Gasteiger partial charge is 0.0605 e. The Kier molecular flexibility index (Phi) is 2.83. The predicted molar refractivity (Wildman–Crippen MR) is 60.7 cm³/mol. The SMILES string of the molecule is CNC(c1ccc(C)cc1)c1cn[nH]c1. The van der Waals surface area contributed by atoms with Crippen LogP contribution >= 0.6 is 0 Å². The highest BCUT2D eigenvalue weighted by Crippen LogP contribution is 2.20. The van der Waals surface area contributed by atoms with Crippen molar-refractivity contribution in [3.63, 3.8) is 0 Å². The van der Waals surface area contributed by atoms with Gasteiger partial charge in [0.2, 0.25) is 0 Å². The van der Waals surface area contributed by atoms with E-state index in [1.165, 1.54) is 11.1 Å². The molecule has 0 fully saturated rings. The van der Waals surface area contributed by atoms with Crippen molar-refractivity contribution in [2.75, 3.05) is 7.05 Å². The van der Waals surface area contributed by atoms with E-state index in [1.54, 1.807) is 0 Å². The lowest BCUT2D eigenvalue weighted by atomic mass is 10.0. The third kappa shape index (κ3) is 2.07. The molecule has 1 unspecified atom stereocenters. The molecule has 0 saturated heterocycles. The number of benzene rings is 1. The molecule has 2 aromatic rings. The van der Waals surface area contributed by atoms with E-state index in [1.807, 2.05) is 19.4 Å². The topological polar surface area (TPSA) is 40.7 Å². The molecule has 3 nitrogen and oxygen atoms in total. The maximum Gasteiger partial charge on any atom is 0.0605 e. The lowest BCUT2D eigenvalue weighted by Crippen LogP contribution is -2.16. The molecule has 1 aromatic heterocycles. The Morgan fingerprint density at radius 1 is 1.20 bits per heavy atom. The van der Waals surface area contributed by atoms with Gasteiger partial charge >= 0.3 is 0 Å². The van der Waals surface area contributed by atoms with Gasteiger partial charge in [-0.1, -0.05) is 29.8 Å². The van der Waals surface area contributed by atoms with E-state index < -0.39 is 0 Å². The predicted octanol–water partition coefficient (Wildman–Crippen LogP) is 2.03. The van der Waals surface area contributed by atoms with Crippen LogP contribution < -0.4 is 5.32 Å². The molecule has 1 heterocycles. The molecule has 0 saturated carbocycles. The second-order valence-electron chi connectivity index (χ2n) is 3.66. The molecule has 0 aliphatic carbocycles. The monoisotopic (exact) mass is 201 g/mol. The van der Waals surface area contributed by atoms with E-state index in [0.717, 1.165) is 5.56 Å². The van der Waals surface area contributed by atoms with E-state index in [-0.39, 0.29) is 6.04 Å². The van der Waals surface area contributed by atoms with Crippen molar-refractivity contribution in [3.05, 3.63) is 53.3 Å². The van der Waals surface area contributed by atoms with Crippen molar-refractivity contribution in [1.29, 1.82) is 0 Å². The Morgan fingerprint density at radius 2 is 1.93 bits per heavy atom. The zero-order valence-electron chi connectivity index (χ0n) is 8.99. The quantitative estimate of drug-likeness (QED) is 0.797. The van der Waals surface area contributed by atoms with Crippen LogP contribution in [0.4, 0.5) is 0 Å². The summed E-state index contributed by atoms with van der Waals surface area (Å²) in [6, 6.07) is 8.75. The minimum absolute atomic E-state index is 0.212. The van der Waals surface area contributed by atoms with Gasteiger partial charge in [-0.15, -0.1) is 0 Å². The summed E-state index contributed by atoms with van der Waals surface area (Å²) < 4.78 is 0. The molecule has 0 aliphatic heterocycles. The Hall–Kier alpha value is -1.61. The summed E-state index contributed by atoms with van der Waals surface area (Å²) in [5.41, 5.74) is 3.69. The average molecular weight is 201 g/mol. The number of aromatic amines is 1. The summed E-state index contributed by atoms with van der Waals surface area (Å²) in [7, 11) is 1.96. The van der Waals surface area contributed by atoms with Gasteiger partial charge in [0.15, 0.2) is 0 Å². The third-order valence-corrected chi connectivity index (χ3v) is 2.55. The molecule has 1 aromatic carbocycles. The Morgan fingerprint density at radius 3 is 2.47 bits per heavy atom. The molecule has 1 atom stereocenters. The van der Waals surface area contributed by atoms with Gasteiger partial charge in [-0.25, -0.2) is 0 Å². The summed E-state index contributed by atoms with van der Waals surface area (Å²) in [6.45, 7) is 2.09. The number of nitrogens with zero attached hydrogens (tertiary/aromatic N) is 1. The molecule has 0 bridgehead atoms. The minimum atomic E-state index is 0.212. The van der Waals surface area contributed by atoms with Crippen LogP contribution in [0.25, 0.3) is 0 Å². The molecular formula is C12H15N3. The van der Waals surface area contributed by atoms with Gasteiger partial charge < -0.3 is 5.32 Å². The highest BCUT2D eigenvalue weighted by Gasteiger charge is 2.11. The van der Waals surface area contributed by atoms with Crippen molar-refractivity contribution in [2.24, 2.45) is 0 Å². The summed E-state index contributed by atoms with van der Waals surface area (Å²) in [6.07, 6.45) is 3.77. The first-order valence-corrected chi connectivity index (χ1v) is 5.04. The largest absolute Gasteiger partial charge is 0.309 e.